The van der Waals surface area contributed by atoms with Crippen LogP contribution in [0.1, 0.15) is 78.6 Å². The van der Waals surface area contributed by atoms with E-state index >= 15 is 0 Å². The Kier molecular flexibility index (Phi) is 6.90. The topological polar surface area (TPSA) is 91.1 Å². The molecular formula is C24H30ClN3O3. The van der Waals surface area contributed by atoms with Gasteiger partial charge in [0, 0.05) is 17.7 Å². The first-order valence-corrected chi connectivity index (χ1v) is 11.1. The van der Waals surface area contributed by atoms with Crippen molar-refractivity contribution in [3.63, 3.8) is 0 Å². The van der Waals surface area contributed by atoms with E-state index in [2.05, 4.69) is 15.6 Å². The van der Waals surface area contributed by atoms with Gasteiger partial charge in [-0.3, -0.25) is 14.4 Å². The zero-order valence-corrected chi connectivity index (χ0v) is 19.3. The number of anilines is 1. The number of unbranched alkanes of at least 4 members (excludes halogenated alkanes) is 1. The lowest BCUT2D eigenvalue weighted by Gasteiger charge is -2.28. The summed E-state index contributed by atoms with van der Waals surface area (Å²) in [6.45, 7) is 7.90. The van der Waals surface area contributed by atoms with Gasteiger partial charge >= 0.3 is 0 Å². The van der Waals surface area contributed by atoms with Gasteiger partial charge in [0.2, 0.25) is 5.91 Å². The first-order valence-electron chi connectivity index (χ1n) is 10.7. The number of para-hydroxylation sites is 1. The van der Waals surface area contributed by atoms with Gasteiger partial charge in [-0.25, -0.2) is 0 Å². The zero-order chi connectivity index (χ0) is 22.8. The number of halogens is 1. The molecule has 3 N–H and O–H groups in total. The molecular weight excluding hydrogens is 414 g/mol. The Bertz CT molecular complexity index is 1010. The lowest BCUT2D eigenvalue weighted by atomic mass is 9.75. The molecule has 0 saturated heterocycles. The van der Waals surface area contributed by atoms with E-state index in [0.717, 1.165) is 18.5 Å². The van der Waals surface area contributed by atoms with Crippen molar-refractivity contribution in [3.05, 3.63) is 51.8 Å². The van der Waals surface area contributed by atoms with Crippen LogP contribution < -0.4 is 10.6 Å². The number of rotatable bonds is 7. The maximum atomic E-state index is 13.1. The second-order valence-electron chi connectivity index (χ2n) is 9.06. The summed E-state index contributed by atoms with van der Waals surface area (Å²) in [6, 6.07) is 6.27. The number of ketones is 1. The van der Waals surface area contributed by atoms with E-state index in [1.54, 1.807) is 31.2 Å². The van der Waals surface area contributed by atoms with Gasteiger partial charge in [0.15, 0.2) is 5.78 Å². The molecule has 2 aromatic rings. The lowest BCUT2D eigenvalue weighted by Crippen LogP contribution is -2.44. The van der Waals surface area contributed by atoms with Crippen LogP contribution in [0.3, 0.4) is 0 Å². The molecule has 2 amide bonds. The number of carbonyl (C=O) groups excluding carboxylic acids is 3. The predicted octanol–water partition coefficient (Wildman–Crippen LogP) is 5.06. The van der Waals surface area contributed by atoms with E-state index in [9.17, 15) is 14.4 Å². The standard InChI is InChI=1S/C24H30ClN3O3/c1-5-6-10-17(22(30)27-16-11-8-7-9-15(16)25)28-23(31)21-14(2)20-18(26-21)12-24(3,4)13-19(20)29/h7-9,11,17,26H,5-6,10,12-13H2,1-4H3,(H,27,30)(H,28,31). The second kappa shape index (κ2) is 9.27. The van der Waals surface area contributed by atoms with E-state index in [1.807, 2.05) is 20.8 Å². The van der Waals surface area contributed by atoms with Crippen LogP contribution in [0.15, 0.2) is 24.3 Å². The zero-order valence-electron chi connectivity index (χ0n) is 18.5. The van der Waals surface area contributed by atoms with Gasteiger partial charge < -0.3 is 15.6 Å². The van der Waals surface area contributed by atoms with Crippen molar-refractivity contribution in [2.24, 2.45) is 5.41 Å². The first-order chi connectivity index (χ1) is 14.6. The van der Waals surface area contributed by atoms with E-state index in [1.165, 1.54) is 0 Å². The van der Waals surface area contributed by atoms with Gasteiger partial charge in [0.1, 0.15) is 11.7 Å². The Morgan fingerprint density at radius 1 is 1.23 bits per heavy atom. The largest absolute Gasteiger partial charge is 0.354 e. The summed E-state index contributed by atoms with van der Waals surface area (Å²) in [5.74, 6) is -0.646. The molecule has 0 aliphatic heterocycles. The van der Waals surface area contributed by atoms with Gasteiger partial charge in [-0.1, -0.05) is 57.3 Å². The average Bonchev–Trinajstić information content (AvgIpc) is 3.02. The number of nitrogens with one attached hydrogen (secondary N) is 3. The van der Waals surface area contributed by atoms with Crippen molar-refractivity contribution >= 4 is 34.9 Å². The van der Waals surface area contributed by atoms with Crippen molar-refractivity contribution in [1.29, 1.82) is 0 Å². The summed E-state index contributed by atoms with van der Waals surface area (Å²) >= 11 is 6.16. The Morgan fingerprint density at radius 3 is 2.61 bits per heavy atom. The molecule has 3 rings (SSSR count). The smallest absolute Gasteiger partial charge is 0.268 e. The summed E-state index contributed by atoms with van der Waals surface area (Å²) in [5, 5.41) is 6.10. The van der Waals surface area contributed by atoms with Crippen LogP contribution in [-0.2, 0) is 11.2 Å². The number of fused-ring (bicyclic) bond motifs is 1. The molecule has 166 valence electrons. The minimum absolute atomic E-state index is 0.0537. The molecule has 1 aliphatic carbocycles. The molecule has 0 fully saturated rings. The minimum Gasteiger partial charge on any atom is -0.354 e. The van der Waals surface area contributed by atoms with Gasteiger partial charge in [-0.15, -0.1) is 0 Å². The number of aromatic nitrogens is 1. The lowest BCUT2D eigenvalue weighted by molar-refractivity contribution is -0.118. The van der Waals surface area contributed by atoms with Crippen molar-refractivity contribution < 1.29 is 14.4 Å². The highest BCUT2D eigenvalue weighted by atomic mass is 35.5. The molecule has 6 nitrogen and oxygen atoms in total. The first kappa shape index (κ1) is 23.1. The Morgan fingerprint density at radius 2 is 1.94 bits per heavy atom. The Labute approximate surface area is 188 Å². The van der Waals surface area contributed by atoms with E-state index in [4.69, 9.17) is 11.6 Å². The molecule has 7 heteroatoms. The Hall–Kier alpha value is -2.60. The predicted molar refractivity (Wildman–Crippen MR) is 123 cm³/mol. The molecule has 1 aromatic heterocycles. The third-order valence-electron chi connectivity index (χ3n) is 5.73. The van der Waals surface area contributed by atoms with Crippen LogP contribution in [0, 0.1) is 12.3 Å². The normalized spacial score (nSPS) is 15.8. The van der Waals surface area contributed by atoms with Gasteiger partial charge in [0.25, 0.3) is 5.91 Å². The summed E-state index contributed by atoms with van der Waals surface area (Å²) in [4.78, 5) is 41.8. The Balaban J connectivity index is 1.81. The van der Waals surface area contributed by atoms with Crippen LogP contribution in [0.2, 0.25) is 5.02 Å². The van der Waals surface area contributed by atoms with Crippen LogP contribution in [0.25, 0.3) is 0 Å². The van der Waals surface area contributed by atoms with Crippen molar-refractivity contribution in [2.75, 3.05) is 5.32 Å². The second-order valence-corrected chi connectivity index (χ2v) is 9.46. The van der Waals surface area contributed by atoms with Crippen LogP contribution in [-0.4, -0.2) is 28.6 Å². The van der Waals surface area contributed by atoms with Gasteiger partial charge in [-0.2, -0.15) is 0 Å². The van der Waals surface area contributed by atoms with E-state index in [-0.39, 0.29) is 23.0 Å². The summed E-state index contributed by atoms with van der Waals surface area (Å²) in [7, 11) is 0. The molecule has 0 spiro atoms. The number of carbonyl (C=O) groups is 3. The fraction of sp³-hybridized carbons (Fsp3) is 0.458. The van der Waals surface area contributed by atoms with Gasteiger partial charge in [-0.05, 0) is 42.9 Å². The molecule has 1 aliphatic rings. The highest BCUT2D eigenvalue weighted by molar-refractivity contribution is 6.33. The average molecular weight is 444 g/mol. The number of aromatic amines is 1. The van der Waals surface area contributed by atoms with Crippen LogP contribution >= 0.6 is 11.6 Å². The minimum atomic E-state index is -0.712. The number of Topliss-reactive ketones (excluding diaryl/α,β-unsaturated/α-hetero) is 1. The number of hydrogen-bond acceptors (Lipinski definition) is 3. The molecule has 0 saturated carbocycles. The summed E-state index contributed by atoms with van der Waals surface area (Å²) < 4.78 is 0. The third kappa shape index (κ3) is 5.18. The van der Waals surface area contributed by atoms with Crippen LogP contribution in [0.4, 0.5) is 5.69 Å². The number of amides is 2. The van der Waals surface area contributed by atoms with Gasteiger partial charge in [0.05, 0.1) is 10.7 Å². The molecule has 0 radical (unpaired) electrons. The van der Waals surface area contributed by atoms with Crippen molar-refractivity contribution in [2.45, 2.75) is 65.8 Å². The molecule has 1 atom stereocenters. The molecule has 1 unspecified atom stereocenters. The quantitative estimate of drug-likeness (QED) is 0.558. The number of hydrogen-bond donors (Lipinski definition) is 3. The van der Waals surface area contributed by atoms with E-state index < -0.39 is 6.04 Å². The maximum Gasteiger partial charge on any atom is 0.268 e. The number of H-pyrrole nitrogens is 1. The summed E-state index contributed by atoms with van der Waals surface area (Å²) in [5.41, 5.74) is 2.78. The van der Waals surface area contributed by atoms with Crippen LogP contribution in [0.5, 0.6) is 0 Å². The molecule has 1 aromatic carbocycles. The third-order valence-corrected chi connectivity index (χ3v) is 6.06. The fourth-order valence-electron chi connectivity index (χ4n) is 4.15. The van der Waals surface area contributed by atoms with Crippen molar-refractivity contribution in [3.8, 4) is 0 Å². The molecule has 0 bridgehead atoms. The molecule has 31 heavy (non-hydrogen) atoms. The monoisotopic (exact) mass is 443 g/mol. The summed E-state index contributed by atoms with van der Waals surface area (Å²) in [6.07, 6.45) is 3.34. The highest BCUT2D eigenvalue weighted by Crippen LogP contribution is 2.36. The fourth-order valence-corrected chi connectivity index (χ4v) is 4.33. The molecule has 1 heterocycles. The maximum absolute atomic E-state index is 13.1. The van der Waals surface area contributed by atoms with Crippen molar-refractivity contribution in [1.82, 2.24) is 10.3 Å². The highest BCUT2D eigenvalue weighted by Gasteiger charge is 2.35. The van der Waals surface area contributed by atoms with E-state index in [0.29, 0.717) is 46.8 Å². The number of benzene rings is 1. The SMILES string of the molecule is CCCCC(NC(=O)c1[nH]c2c(c1C)C(=O)CC(C)(C)C2)C(=O)Nc1ccccc1Cl.